The predicted octanol–water partition coefficient (Wildman–Crippen LogP) is 1.93. The highest BCUT2D eigenvalue weighted by Crippen LogP contribution is 2.20. The van der Waals surface area contributed by atoms with Crippen LogP contribution in [0.15, 0.2) is 29.4 Å². The van der Waals surface area contributed by atoms with E-state index in [1.54, 1.807) is 11.8 Å². The zero-order chi connectivity index (χ0) is 9.54. The molecule has 0 atom stereocenters. The van der Waals surface area contributed by atoms with Gasteiger partial charge in [-0.2, -0.15) is 0 Å². The smallest absolute Gasteiger partial charge is 0.231 e. The van der Waals surface area contributed by atoms with Crippen molar-refractivity contribution in [1.82, 2.24) is 19.6 Å². The number of aromatic nitrogens is 4. The monoisotopic (exact) mass is 204 g/mol. The third-order valence-electron chi connectivity index (χ3n) is 2.19. The molecule has 14 heavy (non-hydrogen) atoms. The Bertz CT molecular complexity index is 595. The van der Waals surface area contributed by atoms with Gasteiger partial charge < -0.3 is 0 Å². The molecular formula is C9H8N4S. The lowest BCUT2D eigenvalue weighted by atomic mass is 10.3. The maximum absolute atomic E-state index is 4.42. The minimum Gasteiger partial charge on any atom is -0.254 e. The number of rotatable bonds is 1. The Morgan fingerprint density at radius 1 is 1.36 bits per heavy atom. The average Bonchev–Trinajstić information content (AvgIpc) is 2.75. The van der Waals surface area contributed by atoms with Gasteiger partial charge in [0.15, 0.2) is 5.16 Å². The fourth-order valence-electron chi connectivity index (χ4n) is 1.58. The van der Waals surface area contributed by atoms with Crippen molar-refractivity contribution in [3.63, 3.8) is 0 Å². The van der Waals surface area contributed by atoms with Crippen LogP contribution in [0.25, 0.3) is 16.8 Å². The van der Waals surface area contributed by atoms with Crippen molar-refractivity contribution in [2.24, 2.45) is 0 Å². The molecule has 0 aliphatic rings. The summed E-state index contributed by atoms with van der Waals surface area (Å²) in [5.41, 5.74) is 2.09. The van der Waals surface area contributed by atoms with Crippen molar-refractivity contribution in [3.8, 4) is 0 Å². The lowest BCUT2D eigenvalue weighted by Crippen LogP contribution is -1.82. The van der Waals surface area contributed by atoms with E-state index >= 15 is 0 Å². The van der Waals surface area contributed by atoms with Gasteiger partial charge in [-0.3, -0.25) is 4.40 Å². The van der Waals surface area contributed by atoms with Gasteiger partial charge in [0, 0.05) is 0 Å². The van der Waals surface area contributed by atoms with Crippen molar-refractivity contribution in [2.75, 3.05) is 6.26 Å². The largest absolute Gasteiger partial charge is 0.254 e. The predicted molar refractivity (Wildman–Crippen MR) is 56.6 cm³/mol. The van der Waals surface area contributed by atoms with Gasteiger partial charge in [-0.15, -0.1) is 5.10 Å². The number of fused-ring (bicyclic) bond motifs is 3. The zero-order valence-corrected chi connectivity index (χ0v) is 8.38. The highest BCUT2D eigenvalue weighted by molar-refractivity contribution is 7.98. The summed E-state index contributed by atoms with van der Waals surface area (Å²) >= 11 is 1.61. The minimum absolute atomic E-state index is 0.801. The number of hydrogen-bond acceptors (Lipinski definition) is 3. The van der Waals surface area contributed by atoms with Crippen LogP contribution in [0.4, 0.5) is 0 Å². The highest BCUT2D eigenvalue weighted by atomic mass is 32.2. The summed E-state index contributed by atoms with van der Waals surface area (Å²) in [6.07, 6.45) is 2.00. The Labute approximate surface area is 84.3 Å². The van der Waals surface area contributed by atoms with Crippen molar-refractivity contribution in [2.45, 2.75) is 5.16 Å². The van der Waals surface area contributed by atoms with Crippen LogP contribution in [0.5, 0.6) is 0 Å². The summed E-state index contributed by atoms with van der Waals surface area (Å²) < 4.78 is 2.03. The molecule has 5 heteroatoms. The molecule has 0 aliphatic heterocycles. The van der Waals surface area contributed by atoms with Crippen LogP contribution in [-0.2, 0) is 0 Å². The molecule has 0 bridgehead atoms. The Kier molecular flexibility index (Phi) is 1.55. The van der Waals surface area contributed by atoms with Crippen LogP contribution in [0.1, 0.15) is 0 Å². The van der Waals surface area contributed by atoms with E-state index in [0.717, 1.165) is 22.0 Å². The summed E-state index contributed by atoms with van der Waals surface area (Å²) in [6, 6.07) is 8.04. The van der Waals surface area contributed by atoms with Gasteiger partial charge in [0.1, 0.15) is 0 Å². The molecule has 0 aliphatic carbocycles. The summed E-state index contributed by atoms with van der Waals surface area (Å²) in [5, 5.41) is 8.01. The zero-order valence-electron chi connectivity index (χ0n) is 7.56. The van der Waals surface area contributed by atoms with Crippen molar-refractivity contribution in [3.05, 3.63) is 24.3 Å². The fraction of sp³-hybridized carbons (Fsp3) is 0.111. The van der Waals surface area contributed by atoms with Gasteiger partial charge in [0.2, 0.25) is 5.78 Å². The lowest BCUT2D eigenvalue weighted by molar-refractivity contribution is 0.944. The minimum atomic E-state index is 0.801. The Balaban J connectivity index is 2.54. The first-order valence-electron chi connectivity index (χ1n) is 4.25. The SMILES string of the molecule is CSc1n[nH]c2nc3ccccc3n12. The van der Waals surface area contributed by atoms with Gasteiger partial charge in [0.05, 0.1) is 11.0 Å². The molecule has 3 aromatic rings. The van der Waals surface area contributed by atoms with Crippen molar-refractivity contribution < 1.29 is 0 Å². The van der Waals surface area contributed by atoms with E-state index in [9.17, 15) is 0 Å². The second-order valence-electron chi connectivity index (χ2n) is 2.97. The quantitative estimate of drug-likeness (QED) is 0.616. The molecular weight excluding hydrogens is 196 g/mol. The third-order valence-corrected chi connectivity index (χ3v) is 2.83. The van der Waals surface area contributed by atoms with Crippen molar-refractivity contribution >= 4 is 28.6 Å². The molecule has 2 heterocycles. The van der Waals surface area contributed by atoms with E-state index in [4.69, 9.17) is 0 Å². The Morgan fingerprint density at radius 2 is 2.21 bits per heavy atom. The number of H-pyrrole nitrogens is 1. The molecule has 0 saturated carbocycles. The molecule has 70 valence electrons. The number of nitrogens with zero attached hydrogens (tertiary/aromatic N) is 3. The van der Waals surface area contributed by atoms with Gasteiger partial charge in [0.25, 0.3) is 0 Å². The van der Waals surface area contributed by atoms with Gasteiger partial charge in [-0.05, 0) is 18.4 Å². The number of nitrogens with one attached hydrogen (secondary N) is 1. The van der Waals surface area contributed by atoms with E-state index in [1.165, 1.54) is 0 Å². The highest BCUT2D eigenvalue weighted by Gasteiger charge is 2.09. The molecule has 4 nitrogen and oxygen atoms in total. The second kappa shape index (κ2) is 2.75. The number of thioether (sulfide) groups is 1. The molecule has 1 N–H and O–H groups in total. The fourth-order valence-corrected chi connectivity index (χ4v) is 2.08. The number of para-hydroxylation sites is 2. The summed E-state index contributed by atoms with van der Waals surface area (Å²) in [7, 11) is 0. The van der Waals surface area contributed by atoms with Gasteiger partial charge >= 0.3 is 0 Å². The van der Waals surface area contributed by atoms with E-state index in [0.29, 0.717) is 0 Å². The molecule has 3 rings (SSSR count). The molecule has 0 fully saturated rings. The topological polar surface area (TPSA) is 46.0 Å². The Hall–Kier alpha value is -1.49. The molecule has 1 aromatic carbocycles. The van der Waals surface area contributed by atoms with Crippen LogP contribution in [0, 0.1) is 0 Å². The van der Waals surface area contributed by atoms with E-state index in [-0.39, 0.29) is 0 Å². The molecule has 0 unspecified atom stereocenters. The average molecular weight is 204 g/mol. The van der Waals surface area contributed by atoms with Crippen LogP contribution >= 0.6 is 11.8 Å². The first-order valence-corrected chi connectivity index (χ1v) is 5.48. The number of hydrogen-bond donors (Lipinski definition) is 1. The molecule has 0 spiro atoms. The van der Waals surface area contributed by atoms with Crippen LogP contribution in [-0.4, -0.2) is 25.8 Å². The maximum atomic E-state index is 4.42. The van der Waals surface area contributed by atoms with Gasteiger partial charge in [-0.25, -0.2) is 10.1 Å². The summed E-state index contributed by atoms with van der Waals surface area (Å²) in [5.74, 6) is 0.801. The third kappa shape index (κ3) is 0.899. The molecule has 0 saturated heterocycles. The van der Waals surface area contributed by atoms with Crippen molar-refractivity contribution in [1.29, 1.82) is 0 Å². The molecule has 0 radical (unpaired) electrons. The Morgan fingerprint density at radius 3 is 3.07 bits per heavy atom. The van der Waals surface area contributed by atoms with Crippen LogP contribution in [0.3, 0.4) is 0 Å². The molecule has 0 amide bonds. The van der Waals surface area contributed by atoms with E-state index in [2.05, 4.69) is 15.2 Å². The van der Waals surface area contributed by atoms with E-state index < -0.39 is 0 Å². The second-order valence-corrected chi connectivity index (χ2v) is 3.74. The number of imidazole rings is 1. The first-order chi connectivity index (χ1) is 6.90. The van der Waals surface area contributed by atoms with Crippen LogP contribution < -0.4 is 0 Å². The standard InChI is InChI=1S/C9H8N4S/c1-14-9-12-11-8-10-6-4-2-3-5-7(6)13(8)9/h2-5H,1H3,(H,10,11). The first kappa shape index (κ1) is 7.87. The number of aromatic amines is 1. The summed E-state index contributed by atoms with van der Waals surface area (Å²) in [6.45, 7) is 0. The number of benzene rings is 1. The normalized spacial score (nSPS) is 11.5. The van der Waals surface area contributed by atoms with Crippen LogP contribution in [0.2, 0.25) is 0 Å². The lowest BCUT2D eigenvalue weighted by Gasteiger charge is -1.92. The maximum Gasteiger partial charge on any atom is 0.231 e. The van der Waals surface area contributed by atoms with Gasteiger partial charge in [-0.1, -0.05) is 23.9 Å². The molecule has 2 aromatic heterocycles. The van der Waals surface area contributed by atoms with E-state index in [1.807, 2.05) is 34.9 Å². The summed E-state index contributed by atoms with van der Waals surface area (Å²) in [4.78, 5) is 4.42.